The summed E-state index contributed by atoms with van der Waals surface area (Å²) in [5, 5.41) is 9.78. The van der Waals surface area contributed by atoms with Gasteiger partial charge in [0.05, 0.1) is 10.0 Å². The van der Waals surface area contributed by atoms with Crippen molar-refractivity contribution < 1.29 is 9.90 Å². The molecule has 0 amide bonds. The zero-order valence-electron chi connectivity index (χ0n) is 8.09. The molecule has 1 N–H and O–H groups in total. The van der Waals surface area contributed by atoms with Gasteiger partial charge in [-0.2, -0.15) is 0 Å². The molecule has 0 aliphatic heterocycles. The lowest BCUT2D eigenvalue weighted by atomic mass is 10.3. The van der Waals surface area contributed by atoms with Crippen LogP contribution in [0.2, 0.25) is 10.0 Å². The molecular weight excluding hydrogens is 255 g/mol. The number of Topliss-reactive ketones (excluding diaryl/α,β-unsaturated/α-hetero) is 1. The molecule has 0 unspecified atom stereocenters. The molecule has 0 bridgehead atoms. The molecule has 0 aliphatic rings. The van der Waals surface area contributed by atoms with Gasteiger partial charge in [-0.15, -0.1) is 11.8 Å². The Bertz CT molecular complexity index is 357. The number of hydrogen-bond acceptors (Lipinski definition) is 3. The van der Waals surface area contributed by atoms with E-state index < -0.39 is 0 Å². The summed E-state index contributed by atoms with van der Waals surface area (Å²) in [6.45, 7) is 1.55. The van der Waals surface area contributed by atoms with Gasteiger partial charge in [0.15, 0.2) is 5.75 Å². The van der Waals surface area contributed by atoms with Gasteiger partial charge in [0, 0.05) is 17.1 Å². The smallest absolute Gasteiger partial charge is 0.152 e. The van der Waals surface area contributed by atoms with Crippen LogP contribution in [0.3, 0.4) is 0 Å². The van der Waals surface area contributed by atoms with Gasteiger partial charge in [-0.25, -0.2) is 0 Å². The summed E-state index contributed by atoms with van der Waals surface area (Å²) in [4.78, 5) is 11.6. The molecule has 0 radical (unpaired) electrons. The first-order valence-electron chi connectivity index (χ1n) is 4.31. The van der Waals surface area contributed by atoms with Gasteiger partial charge >= 0.3 is 0 Å². The third kappa shape index (κ3) is 3.93. The van der Waals surface area contributed by atoms with Crippen molar-refractivity contribution in [3.05, 3.63) is 22.2 Å². The van der Waals surface area contributed by atoms with Gasteiger partial charge in [0.1, 0.15) is 5.78 Å². The van der Waals surface area contributed by atoms with Crippen LogP contribution < -0.4 is 0 Å². The largest absolute Gasteiger partial charge is 0.505 e. The van der Waals surface area contributed by atoms with Crippen LogP contribution in [0.4, 0.5) is 0 Å². The highest BCUT2D eigenvalue weighted by atomic mass is 35.5. The number of carbonyl (C=O) groups is 1. The maximum absolute atomic E-state index is 10.7. The van der Waals surface area contributed by atoms with Crippen LogP contribution in [0.25, 0.3) is 0 Å². The third-order valence-electron chi connectivity index (χ3n) is 1.71. The molecular formula is C10H10Cl2O2S. The normalized spacial score (nSPS) is 10.3. The Morgan fingerprint density at radius 2 is 1.93 bits per heavy atom. The molecule has 1 aromatic carbocycles. The fourth-order valence-corrected chi connectivity index (χ4v) is 2.58. The van der Waals surface area contributed by atoms with Crippen LogP contribution in [-0.4, -0.2) is 16.6 Å². The highest BCUT2D eigenvalue weighted by Crippen LogP contribution is 2.36. The summed E-state index contributed by atoms with van der Waals surface area (Å²) < 4.78 is 0. The molecule has 0 aromatic heterocycles. The molecule has 15 heavy (non-hydrogen) atoms. The lowest BCUT2D eigenvalue weighted by molar-refractivity contribution is -0.116. The summed E-state index contributed by atoms with van der Waals surface area (Å²) in [6.07, 6.45) is 0.515. The second-order valence-corrected chi connectivity index (χ2v) is 5.02. The molecule has 0 saturated carbocycles. The van der Waals surface area contributed by atoms with E-state index in [1.807, 2.05) is 0 Å². The first kappa shape index (κ1) is 12.7. The quantitative estimate of drug-likeness (QED) is 0.842. The number of rotatable bonds is 4. The summed E-state index contributed by atoms with van der Waals surface area (Å²) >= 11 is 13.0. The van der Waals surface area contributed by atoms with E-state index in [-0.39, 0.29) is 21.6 Å². The van der Waals surface area contributed by atoms with E-state index in [0.717, 1.165) is 4.90 Å². The van der Waals surface area contributed by atoms with E-state index in [9.17, 15) is 9.90 Å². The second-order valence-electron chi connectivity index (χ2n) is 3.04. The topological polar surface area (TPSA) is 37.3 Å². The van der Waals surface area contributed by atoms with E-state index in [4.69, 9.17) is 23.2 Å². The van der Waals surface area contributed by atoms with Crippen LogP contribution in [0.15, 0.2) is 17.0 Å². The van der Waals surface area contributed by atoms with Gasteiger partial charge < -0.3 is 5.11 Å². The number of aromatic hydroxyl groups is 1. The van der Waals surface area contributed by atoms with Gasteiger partial charge in [-0.05, 0) is 19.1 Å². The summed E-state index contributed by atoms with van der Waals surface area (Å²) in [7, 11) is 0. The highest BCUT2D eigenvalue weighted by Gasteiger charge is 2.07. The third-order valence-corrected chi connectivity index (χ3v) is 3.27. The first-order chi connectivity index (χ1) is 7.00. The van der Waals surface area contributed by atoms with E-state index in [1.54, 1.807) is 19.1 Å². The van der Waals surface area contributed by atoms with E-state index in [2.05, 4.69) is 0 Å². The van der Waals surface area contributed by atoms with Crippen molar-refractivity contribution >= 4 is 40.7 Å². The number of benzene rings is 1. The molecule has 1 rings (SSSR count). The average molecular weight is 265 g/mol. The van der Waals surface area contributed by atoms with Crippen LogP contribution in [0.5, 0.6) is 5.75 Å². The lowest BCUT2D eigenvalue weighted by Crippen LogP contribution is -1.91. The molecule has 0 atom stereocenters. The Hall–Kier alpha value is -0.380. The predicted molar refractivity (Wildman–Crippen MR) is 64.1 cm³/mol. The van der Waals surface area contributed by atoms with Crippen molar-refractivity contribution in [2.75, 3.05) is 5.75 Å². The average Bonchev–Trinajstić information content (AvgIpc) is 2.13. The van der Waals surface area contributed by atoms with Crippen LogP contribution in [0, 0.1) is 0 Å². The van der Waals surface area contributed by atoms with Crippen molar-refractivity contribution in [3.8, 4) is 5.75 Å². The monoisotopic (exact) mass is 264 g/mol. The summed E-state index contributed by atoms with van der Waals surface area (Å²) in [6, 6.07) is 3.27. The standard InChI is InChI=1S/C10H10Cl2O2S/c1-6(13)2-3-15-7-4-8(11)10(14)9(12)5-7/h4-5,14H,2-3H2,1H3. The van der Waals surface area contributed by atoms with Gasteiger partial charge in [-0.3, -0.25) is 4.79 Å². The van der Waals surface area contributed by atoms with Crippen LogP contribution in [-0.2, 0) is 4.79 Å². The molecule has 2 nitrogen and oxygen atoms in total. The van der Waals surface area contributed by atoms with E-state index >= 15 is 0 Å². The number of phenolic OH excluding ortho intramolecular Hbond substituents is 1. The summed E-state index contributed by atoms with van der Waals surface area (Å²) in [5.74, 6) is 0.736. The van der Waals surface area contributed by atoms with Gasteiger partial charge in [-0.1, -0.05) is 23.2 Å². The number of halogens is 2. The van der Waals surface area contributed by atoms with Crippen molar-refractivity contribution in [3.63, 3.8) is 0 Å². The molecule has 5 heteroatoms. The Balaban J connectivity index is 2.66. The fraction of sp³-hybridized carbons (Fsp3) is 0.300. The minimum atomic E-state index is -0.103. The molecule has 0 heterocycles. The maximum Gasteiger partial charge on any atom is 0.152 e. The molecule has 82 valence electrons. The Morgan fingerprint density at radius 1 is 1.40 bits per heavy atom. The van der Waals surface area contributed by atoms with Crippen LogP contribution in [0.1, 0.15) is 13.3 Å². The molecule has 0 spiro atoms. The summed E-state index contributed by atoms with van der Waals surface area (Å²) in [5.41, 5.74) is 0. The number of hydrogen-bond donors (Lipinski definition) is 1. The molecule has 0 aliphatic carbocycles. The molecule has 0 saturated heterocycles. The highest BCUT2D eigenvalue weighted by molar-refractivity contribution is 7.99. The Labute approximate surface area is 103 Å². The number of carbonyl (C=O) groups excluding carboxylic acids is 1. The SMILES string of the molecule is CC(=O)CCSc1cc(Cl)c(O)c(Cl)c1. The minimum Gasteiger partial charge on any atom is -0.505 e. The first-order valence-corrected chi connectivity index (χ1v) is 6.05. The Morgan fingerprint density at radius 3 is 2.40 bits per heavy atom. The van der Waals surface area contributed by atoms with Gasteiger partial charge in [0.25, 0.3) is 0 Å². The van der Waals surface area contributed by atoms with Gasteiger partial charge in [0.2, 0.25) is 0 Å². The Kier molecular flexibility index (Phi) is 4.77. The molecule has 1 aromatic rings. The predicted octanol–water partition coefficient (Wildman–Crippen LogP) is 3.77. The number of ketones is 1. The molecule has 0 fully saturated rings. The maximum atomic E-state index is 10.7. The second kappa shape index (κ2) is 5.64. The number of thioether (sulfide) groups is 1. The van der Waals surface area contributed by atoms with Crippen molar-refractivity contribution in [1.29, 1.82) is 0 Å². The van der Waals surface area contributed by atoms with Crippen molar-refractivity contribution in [2.45, 2.75) is 18.2 Å². The van der Waals surface area contributed by atoms with E-state index in [1.165, 1.54) is 11.8 Å². The zero-order chi connectivity index (χ0) is 11.4. The minimum absolute atomic E-state index is 0.103. The number of phenols is 1. The van der Waals surface area contributed by atoms with Crippen LogP contribution >= 0.6 is 35.0 Å². The zero-order valence-corrected chi connectivity index (χ0v) is 10.4. The lowest BCUT2D eigenvalue weighted by Gasteiger charge is -2.04. The fourth-order valence-electron chi connectivity index (χ4n) is 0.938. The van der Waals surface area contributed by atoms with Crippen molar-refractivity contribution in [1.82, 2.24) is 0 Å². The van der Waals surface area contributed by atoms with Crippen molar-refractivity contribution in [2.24, 2.45) is 0 Å². The van der Waals surface area contributed by atoms with E-state index in [0.29, 0.717) is 12.2 Å².